The van der Waals surface area contributed by atoms with Gasteiger partial charge >= 0.3 is 0 Å². The Kier molecular flexibility index (Phi) is 2.50. The molecule has 1 aliphatic rings. The monoisotopic (exact) mass is 175 g/mol. The molecule has 0 amide bonds. The number of hydrogen-bond donors (Lipinski definition) is 1. The first kappa shape index (κ1) is 9.07. The summed E-state index contributed by atoms with van der Waals surface area (Å²) in [4.78, 5) is 11.3. The fraction of sp³-hybridized carbons (Fsp3) is 0.111. The standard InChI is InChI=1S/C9H9N3O/c1-3-4-12-7(2)9(13)8(5-10)6-11-12/h3-4,6,11H,2H2,1H3/b4-3-. The molecule has 0 aromatic carbocycles. The maximum atomic E-state index is 11.3. The molecule has 0 radical (unpaired) electrons. The minimum atomic E-state index is -0.348. The van der Waals surface area contributed by atoms with Gasteiger partial charge < -0.3 is 5.43 Å². The number of allylic oxidation sites excluding steroid dienone is 2. The molecule has 0 spiro atoms. The number of nitriles is 1. The smallest absolute Gasteiger partial charge is 0.222 e. The second-order valence-electron chi connectivity index (χ2n) is 2.43. The number of rotatable bonds is 1. The van der Waals surface area contributed by atoms with Crippen LogP contribution in [0.25, 0.3) is 0 Å². The molecule has 13 heavy (non-hydrogen) atoms. The van der Waals surface area contributed by atoms with Crippen molar-refractivity contribution in [2.75, 3.05) is 0 Å². The van der Waals surface area contributed by atoms with Gasteiger partial charge in [-0.25, -0.2) is 0 Å². The minimum Gasteiger partial charge on any atom is -0.300 e. The van der Waals surface area contributed by atoms with Crippen LogP contribution in [0.4, 0.5) is 0 Å². The van der Waals surface area contributed by atoms with Gasteiger partial charge in [0.15, 0.2) is 0 Å². The van der Waals surface area contributed by atoms with Crippen LogP contribution in [-0.4, -0.2) is 10.8 Å². The minimum absolute atomic E-state index is 0.0748. The fourth-order valence-corrected chi connectivity index (χ4v) is 0.908. The number of nitrogens with one attached hydrogen (secondary N) is 1. The van der Waals surface area contributed by atoms with Gasteiger partial charge in [-0.15, -0.1) is 0 Å². The summed E-state index contributed by atoms with van der Waals surface area (Å²) in [6, 6.07) is 1.78. The van der Waals surface area contributed by atoms with E-state index in [1.54, 1.807) is 18.3 Å². The zero-order valence-electron chi connectivity index (χ0n) is 7.24. The predicted molar refractivity (Wildman–Crippen MR) is 47.6 cm³/mol. The van der Waals surface area contributed by atoms with Crippen LogP contribution in [-0.2, 0) is 4.79 Å². The third-order valence-electron chi connectivity index (χ3n) is 1.56. The third kappa shape index (κ3) is 1.59. The quantitative estimate of drug-likeness (QED) is 0.600. The molecule has 4 nitrogen and oxygen atoms in total. The van der Waals surface area contributed by atoms with E-state index in [2.05, 4.69) is 12.0 Å². The molecule has 1 aliphatic heterocycles. The lowest BCUT2D eigenvalue weighted by Gasteiger charge is -2.24. The summed E-state index contributed by atoms with van der Waals surface area (Å²) >= 11 is 0. The van der Waals surface area contributed by atoms with E-state index < -0.39 is 0 Å². The molecule has 4 heteroatoms. The topological polar surface area (TPSA) is 56.1 Å². The number of carbonyl (C=O) groups is 1. The Labute approximate surface area is 76.4 Å². The summed E-state index contributed by atoms with van der Waals surface area (Å²) in [5.74, 6) is -0.348. The lowest BCUT2D eigenvalue weighted by atomic mass is 10.1. The number of hydrogen-bond acceptors (Lipinski definition) is 4. The molecule has 1 rings (SSSR count). The van der Waals surface area contributed by atoms with Crippen molar-refractivity contribution in [2.24, 2.45) is 0 Å². The van der Waals surface area contributed by atoms with Crippen LogP contribution in [0.15, 0.2) is 36.3 Å². The Morgan fingerprint density at radius 3 is 3.00 bits per heavy atom. The molecule has 1 N–H and O–H groups in total. The summed E-state index contributed by atoms with van der Waals surface area (Å²) in [6.07, 6.45) is 4.78. The molecule has 66 valence electrons. The van der Waals surface area contributed by atoms with Crippen molar-refractivity contribution in [2.45, 2.75) is 6.92 Å². The third-order valence-corrected chi connectivity index (χ3v) is 1.56. The Morgan fingerprint density at radius 2 is 2.46 bits per heavy atom. The van der Waals surface area contributed by atoms with Crippen LogP contribution in [0, 0.1) is 11.3 Å². The molecule has 0 saturated carbocycles. The fourth-order valence-electron chi connectivity index (χ4n) is 0.908. The first-order valence-electron chi connectivity index (χ1n) is 3.72. The SMILES string of the molecule is C=C1C(=O)C(C#N)=CNN1/C=C\C. The number of carbonyl (C=O) groups excluding carboxylic acids is 1. The van der Waals surface area contributed by atoms with Crippen LogP contribution >= 0.6 is 0 Å². The van der Waals surface area contributed by atoms with E-state index >= 15 is 0 Å². The summed E-state index contributed by atoms with van der Waals surface area (Å²) in [7, 11) is 0. The summed E-state index contributed by atoms with van der Waals surface area (Å²) in [5.41, 5.74) is 3.06. The van der Waals surface area contributed by atoms with Gasteiger partial charge in [0, 0.05) is 12.4 Å². The molecule has 0 atom stereocenters. The highest BCUT2D eigenvalue weighted by atomic mass is 16.1. The van der Waals surface area contributed by atoms with Crippen LogP contribution in [0.5, 0.6) is 0 Å². The predicted octanol–water partition coefficient (Wildman–Crippen LogP) is 0.830. The van der Waals surface area contributed by atoms with E-state index in [9.17, 15) is 4.79 Å². The first-order valence-corrected chi connectivity index (χ1v) is 3.72. The largest absolute Gasteiger partial charge is 0.300 e. The summed E-state index contributed by atoms with van der Waals surface area (Å²) < 4.78 is 0. The summed E-state index contributed by atoms with van der Waals surface area (Å²) in [6.45, 7) is 5.39. The molecule has 0 bridgehead atoms. The van der Waals surface area contributed by atoms with Gasteiger partial charge in [-0.2, -0.15) is 5.26 Å². The highest BCUT2D eigenvalue weighted by molar-refractivity contribution is 6.10. The van der Waals surface area contributed by atoms with Crippen LogP contribution in [0.1, 0.15) is 6.92 Å². The molecular formula is C9H9N3O. The van der Waals surface area contributed by atoms with E-state index in [4.69, 9.17) is 5.26 Å². The van der Waals surface area contributed by atoms with Crippen molar-refractivity contribution >= 4 is 5.78 Å². The Balaban J connectivity index is 2.95. The van der Waals surface area contributed by atoms with E-state index in [1.807, 2.05) is 6.92 Å². The van der Waals surface area contributed by atoms with E-state index in [-0.39, 0.29) is 17.1 Å². The van der Waals surface area contributed by atoms with E-state index in [0.29, 0.717) is 0 Å². The maximum Gasteiger partial charge on any atom is 0.222 e. The zero-order chi connectivity index (χ0) is 9.84. The van der Waals surface area contributed by atoms with Crippen molar-refractivity contribution in [3.8, 4) is 6.07 Å². The van der Waals surface area contributed by atoms with Crippen LogP contribution < -0.4 is 5.43 Å². The normalized spacial score (nSPS) is 16.9. The Hall–Kier alpha value is -2.02. The van der Waals surface area contributed by atoms with E-state index in [0.717, 1.165) is 0 Å². The van der Waals surface area contributed by atoms with Crippen molar-refractivity contribution in [1.82, 2.24) is 10.4 Å². The molecule has 1 heterocycles. The molecule has 0 saturated heterocycles. The first-order chi connectivity index (χ1) is 6.20. The molecule has 0 fully saturated rings. The molecule has 0 unspecified atom stereocenters. The van der Waals surface area contributed by atoms with Gasteiger partial charge in [-0.1, -0.05) is 12.7 Å². The second kappa shape index (κ2) is 3.59. The molecular weight excluding hydrogens is 166 g/mol. The average Bonchev–Trinajstić information content (AvgIpc) is 2.14. The van der Waals surface area contributed by atoms with Gasteiger partial charge in [0.05, 0.1) is 0 Å². The van der Waals surface area contributed by atoms with Crippen LogP contribution in [0.2, 0.25) is 0 Å². The second-order valence-corrected chi connectivity index (χ2v) is 2.43. The van der Waals surface area contributed by atoms with Crippen molar-refractivity contribution in [1.29, 1.82) is 5.26 Å². The van der Waals surface area contributed by atoms with Gasteiger partial charge in [0.2, 0.25) is 5.78 Å². The lowest BCUT2D eigenvalue weighted by Crippen LogP contribution is -2.36. The molecule has 0 aliphatic carbocycles. The van der Waals surface area contributed by atoms with Crippen molar-refractivity contribution in [3.05, 3.63) is 36.3 Å². The Morgan fingerprint density at radius 1 is 1.77 bits per heavy atom. The van der Waals surface area contributed by atoms with Crippen molar-refractivity contribution in [3.63, 3.8) is 0 Å². The highest BCUT2D eigenvalue weighted by Crippen LogP contribution is 2.12. The lowest BCUT2D eigenvalue weighted by molar-refractivity contribution is -0.113. The number of Topliss-reactive ketones (excluding diaryl/α,β-unsaturated/α-hetero) is 1. The van der Waals surface area contributed by atoms with Gasteiger partial charge in [0.1, 0.15) is 17.3 Å². The number of nitrogens with zero attached hydrogens (tertiary/aromatic N) is 2. The molecule has 0 aromatic heterocycles. The van der Waals surface area contributed by atoms with Gasteiger partial charge in [0.25, 0.3) is 0 Å². The van der Waals surface area contributed by atoms with Crippen LogP contribution in [0.3, 0.4) is 0 Å². The van der Waals surface area contributed by atoms with Crippen molar-refractivity contribution < 1.29 is 4.79 Å². The average molecular weight is 175 g/mol. The number of hydrazine groups is 1. The Bertz CT molecular complexity index is 346. The number of ketones is 1. The van der Waals surface area contributed by atoms with E-state index in [1.165, 1.54) is 11.2 Å². The summed E-state index contributed by atoms with van der Waals surface area (Å²) in [5, 5.41) is 10.0. The van der Waals surface area contributed by atoms with Gasteiger partial charge in [-0.3, -0.25) is 9.80 Å². The maximum absolute atomic E-state index is 11.3. The van der Waals surface area contributed by atoms with Gasteiger partial charge in [-0.05, 0) is 6.92 Å². The molecule has 0 aromatic rings. The highest BCUT2D eigenvalue weighted by Gasteiger charge is 2.21. The zero-order valence-corrected chi connectivity index (χ0v) is 7.24.